The summed E-state index contributed by atoms with van der Waals surface area (Å²) in [6, 6.07) is 9.05. The molecule has 1 aliphatic heterocycles. The van der Waals surface area contributed by atoms with Crippen molar-refractivity contribution in [3.63, 3.8) is 0 Å². The van der Waals surface area contributed by atoms with Crippen LogP contribution in [0.3, 0.4) is 0 Å². The third-order valence-electron chi connectivity index (χ3n) is 5.82. The molecule has 0 radical (unpaired) electrons. The molecule has 1 aromatic heterocycles. The fourth-order valence-corrected chi connectivity index (χ4v) is 5.20. The van der Waals surface area contributed by atoms with Crippen molar-refractivity contribution in [2.75, 3.05) is 24.6 Å². The predicted octanol–water partition coefficient (Wildman–Crippen LogP) is 3.05. The maximum absolute atomic E-state index is 13.1. The number of rotatable bonds is 5. The van der Waals surface area contributed by atoms with Gasteiger partial charge in [-0.05, 0) is 38.7 Å². The van der Waals surface area contributed by atoms with E-state index < -0.39 is 0 Å². The molecule has 0 spiro atoms. The minimum atomic E-state index is 0.128. The van der Waals surface area contributed by atoms with Gasteiger partial charge in [-0.2, -0.15) is 16.9 Å². The van der Waals surface area contributed by atoms with E-state index in [9.17, 15) is 4.79 Å². The van der Waals surface area contributed by atoms with Crippen molar-refractivity contribution >= 4 is 17.7 Å². The zero-order valence-corrected chi connectivity index (χ0v) is 17.7. The maximum Gasteiger partial charge on any atom is 0.274 e. The van der Waals surface area contributed by atoms with E-state index in [-0.39, 0.29) is 5.91 Å². The number of carbonyl (C=O) groups is 1. The molecule has 5 nitrogen and oxygen atoms in total. The first-order valence-corrected chi connectivity index (χ1v) is 11.6. The zero-order chi connectivity index (χ0) is 19.5. The van der Waals surface area contributed by atoms with E-state index in [4.69, 9.17) is 5.10 Å². The van der Waals surface area contributed by atoms with Gasteiger partial charge in [-0.3, -0.25) is 9.48 Å². The quantitative estimate of drug-likeness (QED) is 0.841. The van der Waals surface area contributed by atoms with Gasteiger partial charge < -0.3 is 10.2 Å². The summed E-state index contributed by atoms with van der Waals surface area (Å²) in [7, 11) is 0. The predicted molar refractivity (Wildman–Crippen MR) is 115 cm³/mol. The Morgan fingerprint density at radius 1 is 1.32 bits per heavy atom. The molecular weight excluding hydrogens is 368 g/mol. The smallest absolute Gasteiger partial charge is 0.274 e. The molecule has 1 N–H and O–H groups in total. The number of nitrogens with one attached hydrogen (secondary N) is 1. The van der Waals surface area contributed by atoms with E-state index >= 15 is 0 Å². The Hall–Kier alpha value is -1.79. The molecule has 2 aromatic rings. The topological polar surface area (TPSA) is 50.2 Å². The van der Waals surface area contributed by atoms with Crippen LogP contribution in [0.1, 0.15) is 46.2 Å². The second-order valence-electron chi connectivity index (χ2n) is 7.80. The maximum atomic E-state index is 13.1. The standard InChI is InChI=1S/C22H30N4OS/c1-3-26-20-8-7-18(23-15-17-6-4-5-16(2)13-17)14-19(20)21(24-26)22(27)25-9-11-28-12-10-25/h4-6,13,18,23H,3,7-12,14-15H2,1-2H3. The Kier molecular flexibility index (Phi) is 6.07. The van der Waals surface area contributed by atoms with Gasteiger partial charge in [0.05, 0.1) is 0 Å². The first-order valence-electron chi connectivity index (χ1n) is 10.4. The van der Waals surface area contributed by atoms with Crippen molar-refractivity contribution in [3.8, 4) is 0 Å². The molecule has 1 amide bonds. The fraction of sp³-hybridized carbons (Fsp3) is 0.545. The van der Waals surface area contributed by atoms with Crippen LogP contribution in [0.25, 0.3) is 0 Å². The van der Waals surface area contributed by atoms with E-state index in [1.807, 2.05) is 16.7 Å². The number of hydrogen-bond donors (Lipinski definition) is 1. The van der Waals surface area contributed by atoms with Gasteiger partial charge in [0.25, 0.3) is 5.91 Å². The highest BCUT2D eigenvalue weighted by Crippen LogP contribution is 2.27. The number of benzene rings is 1. The van der Waals surface area contributed by atoms with Crippen LogP contribution in [0.5, 0.6) is 0 Å². The monoisotopic (exact) mass is 398 g/mol. The largest absolute Gasteiger partial charge is 0.336 e. The number of carbonyl (C=O) groups excluding carboxylic acids is 1. The van der Waals surface area contributed by atoms with Crippen LogP contribution in [0.4, 0.5) is 0 Å². The van der Waals surface area contributed by atoms with Gasteiger partial charge in [0.2, 0.25) is 0 Å². The highest BCUT2D eigenvalue weighted by molar-refractivity contribution is 7.99. The van der Waals surface area contributed by atoms with Crippen molar-refractivity contribution in [1.29, 1.82) is 0 Å². The Labute approximate surface area is 171 Å². The van der Waals surface area contributed by atoms with Gasteiger partial charge in [-0.25, -0.2) is 0 Å². The summed E-state index contributed by atoms with van der Waals surface area (Å²) >= 11 is 1.93. The Morgan fingerprint density at radius 3 is 2.89 bits per heavy atom. The molecule has 6 heteroatoms. The van der Waals surface area contributed by atoms with Crippen molar-refractivity contribution in [2.24, 2.45) is 0 Å². The van der Waals surface area contributed by atoms with Crippen LogP contribution in [-0.2, 0) is 25.9 Å². The number of nitrogens with zero attached hydrogens (tertiary/aromatic N) is 3. The Morgan fingerprint density at radius 2 is 2.14 bits per heavy atom. The molecule has 1 fully saturated rings. The lowest BCUT2D eigenvalue weighted by atomic mass is 9.91. The van der Waals surface area contributed by atoms with Crippen LogP contribution in [0.2, 0.25) is 0 Å². The summed E-state index contributed by atoms with van der Waals surface area (Å²) < 4.78 is 2.05. The molecule has 1 aliphatic carbocycles. The molecular formula is C22H30N4OS. The lowest BCUT2D eigenvalue weighted by Gasteiger charge is -2.27. The van der Waals surface area contributed by atoms with Crippen molar-refractivity contribution in [1.82, 2.24) is 20.0 Å². The second-order valence-corrected chi connectivity index (χ2v) is 9.03. The molecule has 4 rings (SSSR count). The van der Waals surface area contributed by atoms with Gasteiger partial charge in [-0.1, -0.05) is 29.8 Å². The number of thioether (sulfide) groups is 1. The third kappa shape index (κ3) is 4.13. The third-order valence-corrected chi connectivity index (χ3v) is 6.77. The number of amides is 1. The van der Waals surface area contributed by atoms with Gasteiger partial charge in [0.1, 0.15) is 0 Å². The molecule has 2 aliphatic rings. The highest BCUT2D eigenvalue weighted by Gasteiger charge is 2.31. The van der Waals surface area contributed by atoms with E-state index in [0.717, 1.165) is 56.9 Å². The van der Waals surface area contributed by atoms with Gasteiger partial charge >= 0.3 is 0 Å². The lowest BCUT2D eigenvalue weighted by molar-refractivity contribution is 0.0764. The summed E-state index contributed by atoms with van der Waals surface area (Å²) in [5, 5.41) is 8.45. The number of fused-ring (bicyclic) bond motifs is 1. The average Bonchev–Trinajstić information content (AvgIpc) is 3.10. The van der Waals surface area contributed by atoms with Gasteiger partial charge in [0.15, 0.2) is 5.69 Å². The molecule has 1 unspecified atom stereocenters. The highest BCUT2D eigenvalue weighted by atomic mass is 32.2. The zero-order valence-electron chi connectivity index (χ0n) is 16.9. The van der Waals surface area contributed by atoms with E-state index in [2.05, 4.69) is 48.1 Å². The summed E-state index contributed by atoms with van der Waals surface area (Å²) in [5.41, 5.74) is 5.76. The van der Waals surface area contributed by atoms with Gasteiger partial charge in [-0.15, -0.1) is 0 Å². The van der Waals surface area contributed by atoms with Crippen molar-refractivity contribution in [2.45, 2.75) is 52.2 Å². The fourth-order valence-electron chi connectivity index (χ4n) is 4.30. The Bertz CT molecular complexity index is 841. The summed E-state index contributed by atoms with van der Waals surface area (Å²) in [4.78, 5) is 15.1. The van der Waals surface area contributed by atoms with Gasteiger partial charge in [0, 0.05) is 55.0 Å². The average molecular weight is 399 g/mol. The van der Waals surface area contributed by atoms with Crippen LogP contribution < -0.4 is 5.32 Å². The number of aryl methyl sites for hydroxylation is 2. The van der Waals surface area contributed by atoms with E-state index in [1.165, 1.54) is 22.4 Å². The van der Waals surface area contributed by atoms with E-state index in [1.54, 1.807) is 0 Å². The summed E-state index contributed by atoms with van der Waals surface area (Å²) in [5.74, 6) is 2.19. The van der Waals surface area contributed by atoms with Crippen LogP contribution in [-0.4, -0.2) is 51.2 Å². The minimum absolute atomic E-state index is 0.128. The Balaban J connectivity index is 1.50. The molecule has 1 saturated heterocycles. The molecule has 150 valence electrons. The molecule has 0 saturated carbocycles. The van der Waals surface area contributed by atoms with E-state index in [0.29, 0.717) is 11.7 Å². The molecule has 1 aromatic carbocycles. The first-order chi connectivity index (χ1) is 13.7. The second kappa shape index (κ2) is 8.70. The summed E-state index contributed by atoms with van der Waals surface area (Å²) in [6.45, 7) is 7.62. The molecule has 0 bridgehead atoms. The molecule has 28 heavy (non-hydrogen) atoms. The number of aromatic nitrogens is 2. The normalized spacial score (nSPS) is 19.5. The molecule has 2 heterocycles. The van der Waals surface area contributed by atoms with Crippen molar-refractivity contribution in [3.05, 3.63) is 52.3 Å². The summed E-state index contributed by atoms with van der Waals surface area (Å²) in [6.07, 6.45) is 2.98. The number of hydrogen-bond acceptors (Lipinski definition) is 4. The first kappa shape index (κ1) is 19.5. The van der Waals surface area contributed by atoms with Crippen LogP contribution in [0, 0.1) is 6.92 Å². The van der Waals surface area contributed by atoms with Crippen molar-refractivity contribution < 1.29 is 4.79 Å². The van der Waals surface area contributed by atoms with Crippen LogP contribution >= 0.6 is 11.8 Å². The SMILES string of the molecule is CCn1nc(C(=O)N2CCSCC2)c2c1CCC(NCc1cccc(C)c1)C2. The minimum Gasteiger partial charge on any atom is -0.336 e. The lowest BCUT2D eigenvalue weighted by Crippen LogP contribution is -2.39. The molecule has 1 atom stereocenters. The van der Waals surface area contributed by atoms with Crippen LogP contribution in [0.15, 0.2) is 24.3 Å².